The molecule has 2 aliphatic rings. The van der Waals surface area contributed by atoms with Crippen LogP contribution in [0, 0.1) is 29.9 Å². The van der Waals surface area contributed by atoms with E-state index in [1.165, 1.54) is 24.4 Å². The van der Waals surface area contributed by atoms with Crippen molar-refractivity contribution < 1.29 is 31.9 Å². The number of benzene rings is 2. The SMILES string of the molecule is Cc1ccc(Cl)cc1C(C(=O)NC1CC(F)(F)C1)N(C(=O)C1CCC(=O)N1c1cc(C#N)ccn1)c1cc(F)cc(F)c1. The van der Waals surface area contributed by atoms with Gasteiger partial charge in [-0.05, 0) is 60.9 Å². The molecule has 1 saturated carbocycles. The Kier molecular flexibility index (Phi) is 8.12. The first-order valence-electron chi connectivity index (χ1n) is 13.3. The fourth-order valence-electron chi connectivity index (χ4n) is 5.41. The molecule has 1 N–H and O–H groups in total. The van der Waals surface area contributed by atoms with Crippen LogP contribution in [-0.4, -0.2) is 40.7 Å². The second kappa shape index (κ2) is 11.6. The normalized spacial score (nSPS) is 18.5. The van der Waals surface area contributed by atoms with E-state index in [9.17, 15) is 37.2 Å². The number of aryl methyl sites for hydroxylation is 1. The first kappa shape index (κ1) is 30.0. The Hall–Kier alpha value is -4.50. The van der Waals surface area contributed by atoms with Gasteiger partial charge in [0.15, 0.2) is 0 Å². The molecule has 1 saturated heterocycles. The van der Waals surface area contributed by atoms with Crippen LogP contribution in [0.5, 0.6) is 0 Å². The third kappa shape index (κ3) is 6.17. The summed E-state index contributed by atoms with van der Waals surface area (Å²) in [6, 6.07) is 7.66. The molecule has 5 rings (SSSR count). The molecule has 0 bridgehead atoms. The quantitative estimate of drug-likeness (QED) is 0.360. The summed E-state index contributed by atoms with van der Waals surface area (Å²) in [5, 5.41) is 12.1. The number of carbonyl (C=O) groups excluding carboxylic acids is 3. The van der Waals surface area contributed by atoms with Gasteiger partial charge in [-0.15, -0.1) is 0 Å². The predicted molar refractivity (Wildman–Crippen MR) is 148 cm³/mol. The van der Waals surface area contributed by atoms with Crippen molar-refractivity contribution in [3.05, 3.63) is 88.1 Å². The van der Waals surface area contributed by atoms with Crippen LogP contribution in [-0.2, 0) is 14.4 Å². The molecule has 2 heterocycles. The standard InChI is InChI=1S/C30H24ClF4N5O3/c1-16-2-3-18(31)9-23(16)27(28(42)38-21-13-30(34,35)14-21)39(22-11-19(32)10-20(33)12-22)29(43)24-4-5-26(41)40(24)25-8-17(15-36)6-7-37-25/h2-3,6-12,21,24,27H,4-5,13-14H2,1H3,(H,38,42). The number of pyridine rings is 1. The van der Waals surface area contributed by atoms with Crippen LogP contribution in [0.15, 0.2) is 54.7 Å². The average molecular weight is 614 g/mol. The second-order valence-corrected chi connectivity index (χ2v) is 11.0. The molecule has 3 aromatic rings. The lowest BCUT2D eigenvalue weighted by atomic mass is 9.87. The van der Waals surface area contributed by atoms with E-state index >= 15 is 0 Å². The molecular formula is C30H24ClF4N5O3. The third-order valence-electron chi connectivity index (χ3n) is 7.46. The summed E-state index contributed by atoms with van der Waals surface area (Å²) in [6.45, 7) is 1.63. The van der Waals surface area contributed by atoms with Gasteiger partial charge in [0.25, 0.3) is 11.8 Å². The van der Waals surface area contributed by atoms with Crippen LogP contribution in [0.1, 0.15) is 48.4 Å². The molecule has 2 atom stereocenters. The van der Waals surface area contributed by atoms with Gasteiger partial charge >= 0.3 is 0 Å². The summed E-state index contributed by atoms with van der Waals surface area (Å²) in [7, 11) is 0. The maximum atomic E-state index is 14.6. The number of hydrogen-bond acceptors (Lipinski definition) is 5. The maximum Gasteiger partial charge on any atom is 0.252 e. The number of nitrogens with one attached hydrogen (secondary N) is 1. The van der Waals surface area contributed by atoms with Gasteiger partial charge in [-0.1, -0.05) is 17.7 Å². The molecule has 1 aliphatic carbocycles. The number of amides is 3. The van der Waals surface area contributed by atoms with Crippen molar-refractivity contribution in [3.8, 4) is 6.07 Å². The summed E-state index contributed by atoms with van der Waals surface area (Å²) in [4.78, 5) is 47.5. The molecular weight excluding hydrogens is 590 g/mol. The number of anilines is 2. The third-order valence-corrected chi connectivity index (χ3v) is 7.70. The minimum atomic E-state index is -2.96. The number of carbonyl (C=O) groups is 3. The highest BCUT2D eigenvalue weighted by Crippen LogP contribution is 2.40. The van der Waals surface area contributed by atoms with Crippen molar-refractivity contribution in [2.75, 3.05) is 9.80 Å². The van der Waals surface area contributed by atoms with Crippen molar-refractivity contribution in [3.63, 3.8) is 0 Å². The maximum absolute atomic E-state index is 14.6. The zero-order chi connectivity index (χ0) is 31.1. The van der Waals surface area contributed by atoms with E-state index in [0.717, 1.165) is 21.9 Å². The van der Waals surface area contributed by atoms with E-state index in [1.807, 2.05) is 6.07 Å². The van der Waals surface area contributed by atoms with E-state index < -0.39 is 66.2 Å². The van der Waals surface area contributed by atoms with E-state index in [2.05, 4.69) is 10.3 Å². The van der Waals surface area contributed by atoms with E-state index in [-0.39, 0.29) is 40.5 Å². The molecule has 2 fully saturated rings. The lowest BCUT2D eigenvalue weighted by Crippen LogP contribution is -2.56. The Bertz CT molecular complexity index is 1630. The van der Waals surface area contributed by atoms with Crippen LogP contribution in [0.3, 0.4) is 0 Å². The average Bonchev–Trinajstić information content (AvgIpc) is 3.32. The second-order valence-electron chi connectivity index (χ2n) is 10.5. The Labute approximate surface area is 248 Å². The number of alkyl halides is 2. The summed E-state index contributed by atoms with van der Waals surface area (Å²) in [5.41, 5.74) is 0.471. The van der Waals surface area contributed by atoms with Gasteiger partial charge in [-0.2, -0.15) is 5.26 Å². The summed E-state index contributed by atoms with van der Waals surface area (Å²) in [6.07, 6.45) is -0.0735. The molecule has 0 radical (unpaired) electrons. The molecule has 3 amide bonds. The molecule has 2 aromatic carbocycles. The number of rotatable bonds is 7. The summed E-state index contributed by atoms with van der Waals surface area (Å²) >= 11 is 6.26. The number of halogens is 5. The Morgan fingerprint density at radius 1 is 1.14 bits per heavy atom. The molecule has 2 unspecified atom stereocenters. The number of nitrogens with zero attached hydrogens (tertiary/aromatic N) is 4. The molecule has 43 heavy (non-hydrogen) atoms. The summed E-state index contributed by atoms with van der Waals surface area (Å²) < 4.78 is 56.5. The zero-order valence-electron chi connectivity index (χ0n) is 22.7. The summed E-state index contributed by atoms with van der Waals surface area (Å²) in [5.74, 6) is -7.32. The fraction of sp³-hybridized carbons (Fsp3) is 0.300. The van der Waals surface area contributed by atoms with Gasteiger partial charge in [0.05, 0.1) is 17.3 Å². The Balaban J connectivity index is 1.65. The molecule has 8 nitrogen and oxygen atoms in total. The lowest BCUT2D eigenvalue weighted by Gasteiger charge is -2.39. The lowest BCUT2D eigenvalue weighted by molar-refractivity contribution is -0.133. The van der Waals surface area contributed by atoms with Gasteiger partial charge in [-0.25, -0.2) is 22.5 Å². The van der Waals surface area contributed by atoms with Crippen LogP contribution >= 0.6 is 11.6 Å². The molecule has 0 spiro atoms. The molecule has 13 heteroatoms. The van der Waals surface area contributed by atoms with Gasteiger partial charge in [0, 0.05) is 42.6 Å². The first-order chi connectivity index (χ1) is 20.4. The van der Waals surface area contributed by atoms with Crippen molar-refractivity contribution in [2.24, 2.45) is 0 Å². The highest BCUT2D eigenvalue weighted by atomic mass is 35.5. The van der Waals surface area contributed by atoms with Gasteiger partial charge in [0.1, 0.15) is 29.5 Å². The van der Waals surface area contributed by atoms with Gasteiger partial charge in [0.2, 0.25) is 11.8 Å². The van der Waals surface area contributed by atoms with E-state index in [1.54, 1.807) is 19.1 Å². The molecule has 1 aromatic heterocycles. The van der Waals surface area contributed by atoms with E-state index in [0.29, 0.717) is 11.6 Å². The van der Waals surface area contributed by atoms with Crippen LogP contribution in [0.25, 0.3) is 0 Å². The molecule has 222 valence electrons. The minimum Gasteiger partial charge on any atom is -0.351 e. The Morgan fingerprint density at radius 3 is 2.49 bits per heavy atom. The predicted octanol–water partition coefficient (Wildman–Crippen LogP) is 5.38. The van der Waals surface area contributed by atoms with Crippen molar-refractivity contribution in [1.29, 1.82) is 5.26 Å². The van der Waals surface area contributed by atoms with E-state index in [4.69, 9.17) is 11.6 Å². The monoisotopic (exact) mass is 613 g/mol. The number of nitriles is 1. The largest absolute Gasteiger partial charge is 0.351 e. The van der Waals surface area contributed by atoms with Crippen molar-refractivity contribution >= 4 is 40.8 Å². The molecule has 1 aliphatic heterocycles. The zero-order valence-corrected chi connectivity index (χ0v) is 23.4. The van der Waals surface area contributed by atoms with Crippen molar-refractivity contribution in [1.82, 2.24) is 10.3 Å². The van der Waals surface area contributed by atoms with Crippen LogP contribution < -0.4 is 15.1 Å². The highest BCUT2D eigenvalue weighted by Gasteiger charge is 2.48. The van der Waals surface area contributed by atoms with Crippen molar-refractivity contribution in [2.45, 2.75) is 56.7 Å². The topological polar surface area (TPSA) is 106 Å². The van der Waals surface area contributed by atoms with Crippen LogP contribution in [0.4, 0.5) is 29.1 Å². The number of hydrogen-bond donors (Lipinski definition) is 1. The minimum absolute atomic E-state index is 0.00177. The smallest absolute Gasteiger partial charge is 0.252 e. The highest BCUT2D eigenvalue weighted by molar-refractivity contribution is 6.30. The van der Waals surface area contributed by atoms with Gasteiger partial charge in [-0.3, -0.25) is 24.2 Å². The fourth-order valence-corrected chi connectivity index (χ4v) is 5.59. The first-order valence-corrected chi connectivity index (χ1v) is 13.7. The van der Waals surface area contributed by atoms with Gasteiger partial charge < -0.3 is 5.32 Å². The van der Waals surface area contributed by atoms with Crippen LogP contribution in [0.2, 0.25) is 5.02 Å². The Morgan fingerprint density at radius 2 is 1.84 bits per heavy atom. The number of aromatic nitrogens is 1.